The Morgan fingerprint density at radius 1 is 1.07 bits per heavy atom. The predicted molar refractivity (Wildman–Crippen MR) is 119 cm³/mol. The van der Waals surface area contributed by atoms with Crippen LogP contribution in [0.1, 0.15) is 36.4 Å². The Morgan fingerprint density at radius 2 is 1.67 bits per heavy atom. The Balaban J connectivity index is 1.54. The first-order valence-corrected chi connectivity index (χ1v) is 12.4. The van der Waals surface area contributed by atoms with Crippen LogP contribution in [0.3, 0.4) is 0 Å². The lowest BCUT2D eigenvalue weighted by atomic mass is 9.97. The second kappa shape index (κ2) is 10.7. The van der Waals surface area contributed by atoms with Gasteiger partial charge in [-0.25, -0.2) is 13.1 Å². The third kappa shape index (κ3) is 7.23. The van der Waals surface area contributed by atoms with Gasteiger partial charge in [-0.15, -0.1) is 0 Å². The van der Waals surface area contributed by atoms with Gasteiger partial charge in [0.1, 0.15) is 0 Å². The van der Waals surface area contributed by atoms with Gasteiger partial charge >= 0.3 is 0 Å². The number of sulfonamides is 1. The van der Waals surface area contributed by atoms with Gasteiger partial charge in [0.25, 0.3) is 0 Å². The Labute approximate surface area is 179 Å². The number of carbonyl (C=O) groups is 1. The van der Waals surface area contributed by atoms with Crippen LogP contribution in [0.15, 0.2) is 60.7 Å². The molecule has 30 heavy (non-hydrogen) atoms. The summed E-state index contributed by atoms with van der Waals surface area (Å²) in [5.74, 6) is 0.307. The molecule has 1 atom stereocenters. The highest BCUT2D eigenvalue weighted by molar-refractivity contribution is 7.88. The maximum Gasteiger partial charge on any atom is 0.222 e. The fourth-order valence-electron chi connectivity index (χ4n) is 3.93. The minimum absolute atomic E-state index is 0.0177. The summed E-state index contributed by atoms with van der Waals surface area (Å²) in [7, 11) is -3.17. The first-order chi connectivity index (χ1) is 14.4. The number of nitrogens with one attached hydrogen (secondary N) is 2. The molecule has 6 nitrogen and oxygen atoms in total. The van der Waals surface area contributed by atoms with Crippen LogP contribution in [0, 0.1) is 5.92 Å². The van der Waals surface area contributed by atoms with Gasteiger partial charge in [0, 0.05) is 26.1 Å². The highest BCUT2D eigenvalue weighted by atomic mass is 32.2. The van der Waals surface area contributed by atoms with Crippen LogP contribution in [-0.4, -0.2) is 51.7 Å². The summed E-state index contributed by atoms with van der Waals surface area (Å²) in [5, 5.41) is 3.19. The summed E-state index contributed by atoms with van der Waals surface area (Å²) in [6, 6.07) is 19.8. The van der Waals surface area contributed by atoms with Crippen molar-refractivity contribution in [1.29, 1.82) is 0 Å². The smallest absolute Gasteiger partial charge is 0.222 e. The second-order valence-corrected chi connectivity index (χ2v) is 9.83. The number of amides is 1. The van der Waals surface area contributed by atoms with E-state index < -0.39 is 10.0 Å². The van der Waals surface area contributed by atoms with Crippen molar-refractivity contribution in [1.82, 2.24) is 14.9 Å². The Morgan fingerprint density at radius 3 is 2.23 bits per heavy atom. The number of piperidine rings is 1. The highest BCUT2D eigenvalue weighted by Crippen LogP contribution is 2.22. The van der Waals surface area contributed by atoms with Crippen molar-refractivity contribution in [2.24, 2.45) is 5.92 Å². The van der Waals surface area contributed by atoms with Gasteiger partial charge in [-0.3, -0.25) is 4.79 Å². The number of benzene rings is 2. The lowest BCUT2D eigenvalue weighted by molar-refractivity contribution is -0.122. The number of nitrogens with zero attached hydrogens (tertiary/aromatic N) is 1. The third-order valence-corrected chi connectivity index (χ3v) is 6.15. The molecule has 1 fully saturated rings. The van der Waals surface area contributed by atoms with Crippen LogP contribution >= 0.6 is 0 Å². The molecule has 1 aliphatic rings. The summed E-state index contributed by atoms with van der Waals surface area (Å²) in [6.07, 6.45) is 3.64. The first-order valence-electron chi connectivity index (χ1n) is 10.5. The van der Waals surface area contributed by atoms with Gasteiger partial charge in [-0.05, 0) is 36.4 Å². The van der Waals surface area contributed by atoms with Gasteiger partial charge < -0.3 is 10.2 Å². The largest absolute Gasteiger partial charge is 0.345 e. The first kappa shape index (κ1) is 22.5. The molecule has 2 N–H and O–H groups in total. The Hall–Kier alpha value is -2.22. The quantitative estimate of drug-likeness (QED) is 0.642. The lowest BCUT2D eigenvalue weighted by Gasteiger charge is -2.32. The molecule has 2 aromatic rings. The second-order valence-electron chi connectivity index (χ2n) is 8.00. The van der Waals surface area contributed by atoms with Crippen molar-refractivity contribution >= 4 is 15.9 Å². The molecule has 1 unspecified atom stereocenters. The minimum Gasteiger partial charge on any atom is -0.345 e. The summed E-state index contributed by atoms with van der Waals surface area (Å²) in [5.41, 5.74) is 2.11. The molecule has 0 saturated carbocycles. The molecule has 0 aromatic heterocycles. The fraction of sp³-hybridized carbons (Fsp3) is 0.435. The van der Waals surface area contributed by atoms with Crippen molar-refractivity contribution in [3.63, 3.8) is 0 Å². The van der Waals surface area contributed by atoms with Crippen molar-refractivity contribution < 1.29 is 13.2 Å². The van der Waals surface area contributed by atoms with Crippen molar-refractivity contribution in [3.8, 4) is 0 Å². The van der Waals surface area contributed by atoms with Gasteiger partial charge in [0.15, 0.2) is 0 Å². The monoisotopic (exact) mass is 429 g/mol. The van der Waals surface area contributed by atoms with Crippen LogP contribution in [0.25, 0.3) is 0 Å². The van der Waals surface area contributed by atoms with Crippen LogP contribution in [0.2, 0.25) is 0 Å². The molecular formula is C23H31N3O3S. The molecule has 1 aliphatic heterocycles. The molecule has 0 aliphatic carbocycles. The third-order valence-electron chi connectivity index (χ3n) is 5.46. The molecule has 0 bridgehead atoms. The summed E-state index contributed by atoms with van der Waals surface area (Å²) < 4.78 is 25.3. The van der Waals surface area contributed by atoms with E-state index >= 15 is 0 Å². The van der Waals surface area contributed by atoms with Crippen LogP contribution in [-0.2, 0) is 14.8 Å². The number of rotatable bonds is 9. The molecule has 1 amide bonds. The zero-order valence-electron chi connectivity index (χ0n) is 17.5. The van der Waals surface area contributed by atoms with Crippen LogP contribution in [0.4, 0.5) is 0 Å². The van der Waals surface area contributed by atoms with Gasteiger partial charge in [-0.2, -0.15) is 0 Å². The predicted octanol–water partition coefficient (Wildman–Crippen LogP) is 2.54. The molecule has 7 heteroatoms. The molecule has 162 valence electrons. The Bertz CT molecular complexity index is 864. The molecule has 2 aromatic carbocycles. The normalized spacial score (nSPS) is 17.7. The van der Waals surface area contributed by atoms with Gasteiger partial charge in [-0.1, -0.05) is 60.7 Å². The number of hydrogen-bond acceptors (Lipinski definition) is 4. The molecule has 3 rings (SSSR count). The molecular weight excluding hydrogens is 398 g/mol. The van der Waals surface area contributed by atoms with Crippen molar-refractivity contribution in [2.45, 2.75) is 25.3 Å². The van der Waals surface area contributed by atoms with E-state index in [0.717, 1.165) is 37.1 Å². The number of carbonyl (C=O) groups excluding carboxylic acids is 1. The van der Waals surface area contributed by atoms with Crippen LogP contribution < -0.4 is 10.0 Å². The van der Waals surface area contributed by atoms with E-state index in [1.165, 1.54) is 6.26 Å². The number of likely N-dealkylation sites (tertiary alicyclic amines) is 1. The minimum atomic E-state index is -3.17. The van der Waals surface area contributed by atoms with E-state index in [1.54, 1.807) is 0 Å². The lowest BCUT2D eigenvalue weighted by Crippen LogP contribution is -2.42. The summed E-state index contributed by atoms with van der Waals surface area (Å²) in [6.45, 7) is 2.91. The molecule has 1 saturated heterocycles. The fourth-order valence-corrected chi connectivity index (χ4v) is 4.47. The maximum atomic E-state index is 12.8. The van der Waals surface area contributed by atoms with E-state index in [2.05, 4.69) is 14.9 Å². The van der Waals surface area contributed by atoms with Crippen LogP contribution in [0.5, 0.6) is 0 Å². The summed E-state index contributed by atoms with van der Waals surface area (Å²) in [4.78, 5) is 15.0. The molecule has 0 radical (unpaired) electrons. The Kier molecular flexibility index (Phi) is 8.01. The SMILES string of the molecule is CS(=O)(=O)NCC1CCCN(CCC(=O)NC(c2ccccc2)c2ccccc2)C1. The van der Waals surface area contributed by atoms with E-state index in [4.69, 9.17) is 0 Å². The zero-order chi connectivity index (χ0) is 21.4. The molecule has 0 spiro atoms. The average Bonchev–Trinajstić information content (AvgIpc) is 2.76. The highest BCUT2D eigenvalue weighted by Gasteiger charge is 2.22. The van der Waals surface area contributed by atoms with Crippen molar-refractivity contribution in [2.75, 3.05) is 32.4 Å². The van der Waals surface area contributed by atoms with E-state index in [9.17, 15) is 13.2 Å². The zero-order valence-corrected chi connectivity index (χ0v) is 18.3. The topological polar surface area (TPSA) is 78.5 Å². The molecule has 1 heterocycles. The number of hydrogen-bond donors (Lipinski definition) is 2. The average molecular weight is 430 g/mol. The van der Waals surface area contributed by atoms with E-state index in [0.29, 0.717) is 19.5 Å². The summed E-state index contributed by atoms with van der Waals surface area (Å²) >= 11 is 0. The van der Waals surface area contributed by atoms with E-state index in [-0.39, 0.29) is 17.9 Å². The maximum absolute atomic E-state index is 12.8. The van der Waals surface area contributed by atoms with E-state index in [1.807, 2.05) is 60.7 Å². The standard InChI is InChI=1S/C23H31N3O3S/c1-30(28,29)24-17-19-9-8-15-26(18-19)16-14-22(27)25-23(20-10-4-2-5-11-20)21-12-6-3-7-13-21/h2-7,10-13,19,23-24H,8-9,14-18H2,1H3,(H,25,27). The van der Waals surface area contributed by atoms with Crippen molar-refractivity contribution in [3.05, 3.63) is 71.8 Å². The van der Waals surface area contributed by atoms with Gasteiger partial charge in [0.2, 0.25) is 15.9 Å². The van der Waals surface area contributed by atoms with Gasteiger partial charge in [0.05, 0.1) is 12.3 Å².